The van der Waals surface area contributed by atoms with Crippen molar-refractivity contribution in [3.63, 3.8) is 0 Å². The Kier molecular flexibility index (Phi) is 3.13. The summed E-state index contributed by atoms with van der Waals surface area (Å²) in [4.78, 5) is 0. The van der Waals surface area contributed by atoms with Crippen LogP contribution in [-0.2, 0) is 5.41 Å². The van der Waals surface area contributed by atoms with Crippen molar-refractivity contribution in [3.8, 4) is 5.75 Å². The number of aryl methyl sites for hydroxylation is 1. The van der Waals surface area contributed by atoms with Crippen LogP contribution in [0.5, 0.6) is 5.75 Å². The Bertz CT molecular complexity index is 397. The second kappa shape index (κ2) is 4.27. The fourth-order valence-corrected chi connectivity index (χ4v) is 3.14. The predicted molar refractivity (Wildman–Crippen MR) is 67.1 cm³/mol. The van der Waals surface area contributed by atoms with Gasteiger partial charge >= 0.3 is 0 Å². The van der Waals surface area contributed by atoms with E-state index in [1.54, 1.807) is 6.07 Å². The van der Waals surface area contributed by atoms with Crippen LogP contribution < -0.4 is 5.73 Å². The molecule has 16 heavy (non-hydrogen) atoms. The third-order valence-electron chi connectivity index (χ3n) is 3.79. The molecule has 0 radical (unpaired) electrons. The van der Waals surface area contributed by atoms with Crippen LogP contribution >= 0.6 is 11.6 Å². The Morgan fingerprint density at radius 3 is 2.56 bits per heavy atom. The summed E-state index contributed by atoms with van der Waals surface area (Å²) < 4.78 is 0. The summed E-state index contributed by atoms with van der Waals surface area (Å²) in [6, 6.07) is 3.58. The minimum atomic E-state index is -0.104. The highest BCUT2D eigenvalue weighted by Crippen LogP contribution is 2.47. The molecule has 1 aromatic carbocycles. The second-order valence-electron chi connectivity index (χ2n) is 4.78. The van der Waals surface area contributed by atoms with E-state index in [1.165, 1.54) is 12.8 Å². The smallest absolute Gasteiger partial charge is 0.120 e. The molecule has 0 aromatic heterocycles. The van der Waals surface area contributed by atoms with Crippen LogP contribution in [0.3, 0.4) is 0 Å². The van der Waals surface area contributed by atoms with Crippen LogP contribution in [0.4, 0.5) is 0 Å². The zero-order valence-corrected chi connectivity index (χ0v) is 10.3. The van der Waals surface area contributed by atoms with Crippen molar-refractivity contribution < 1.29 is 5.11 Å². The minimum Gasteiger partial charge on any atom is -0.508 e. The molecule has 0 bridgehead atoms. The molecule has 1 fully saturated rings. The molecule has 0 amide bonds. The van der Waals surface area contributed by atoms with E-state index in [-0.39, 0.29) is 5.41 Å². The topological polar surface area (TPSA) is 46.2 Å². The summed E-state index contributed by atoms with van der Waals surface area (Å²) in [6.07, 6.45) is 4.39. The lowest BCUT2D eigenvalue weighted by Crippen LogP contribution is -2.32. The van der Waals surface area contributed by atoms with Gasteiger partial charge in [-0.1, -0.05) is 30.5 Å². The Morgan fingerprint density at radius 2 is 2.00 bits per heavy atom. The number of phenolic OH excluding ortho intramolecular Hbond substituents is 1. The molecule has 88 valence electrons. The molecule has 1 aliphatic rings. The lowest BCUT2D eigenvalue weighted by Gasteiger charge is -2.30. The first kappa shape index (κ1) is 11.7. The van der Waals surface area contributed by atoms with Crippen LogP contribution in [-0.4, -0.2) is 11.7 Å². The highest BCUT2D eigenvalue weighted by atomic mass is 35.5. The maximum absolute atomic E-state index is 10.0. The van der Waals surface area contributed by atoms with E-state index in [1.807, 2.05) is 13.0 Å². The summed E-state index contributed by atoms with van der Waals surface area (Å²) in [5.74, 6) is 0.294. The molecule has 0 spiro atoms. The van der Waals surface area contributed by atoms with Crippen molar-refractivity contribution in [1.82, 2.24) is 0 Å². The van der Waals surface area contributed by atoms with Crippen LogP contribution in [0.25, 0.3) is 0 Å². The first-order valence-electron chi connectivity index (χ1n) is 5.79. The van der Waals surface area contributed by atoms with Crippen LogP contribution in [0.1, 0.15) is 36.8 Å². The van der Waals surface area contributed by atoms with E-state index in [2.05, 4.69) is 0 Å². The van der Waals surface area contributed by atoms with E-state index in [0.717, 1.165) is 24.0 Å². The maximum atomic E-state index is 10.0. The average molecular weight is 240 g/mol. The summed E-state index contributed by atoms with van der Waals surface area (Å²) in [5.41, 5.74) is 7.69. The highest BCUT2D eigenvalue weighted by molar-refractivity contribution is 6.32. The summed E-state index contributed by atoms with van der Waals surface area (Å²) in [6.45, 7) is 2.52. The molecule has 3 N–H and O–H groups in total. The molecule has 0 aliphatic heterocycles. The number of hydrogen-bond acceptors (Lipinski definition) is 2. The molecule has 2 rings (SSSR count). The third kappa shape index (κ3) is 1.70. The van der Waals surface area contributed by atoms with Crippen LogP contribution in [0.2, 0.25) is 5.02 Å². The number of phenols is 1. The average Bonchev–Trinajstić information content (AvgIpc) is 2.74. The number of halogens is 1. The SMILES string of the molecule is Cc1ccc(O)c(C2(CN)CCCC2)c1Cl. The van der Waals surface area contributed by atoms with Crippen LogP contribution in [0, 0.1) is 6.92 Å². The molecule has 1 aromatic rings. The third-order valence-corrected chi connectivity index (χ3v) is 4.28. The second-order valence-corrected chi connectivity index (χ2v) is 5.16. The van der Waals surface area contributed by atoms with Gasteiger partial charge in [0, 0.05) is 17.5 Å². The predicted octanol–water partition coefficient (Wildman–Crippen LogP) is 3.12. The molecule has 2 nitrogen and oxygen atoms in total. The van der Waals surface area contributed by atoms with Crippen molar-refractivity contribution in [3.05, 3.63) is 28.3 Å². The van der Waals surface area contributed by atoms with Gasteiger partial charge in [-0.15, -0.1) is 0 Å². The Labute approximate surface area is 101 Å². The molecule has 0 atom stereocenters. The number of rotatable bonds is 2. The normalized spacial score (nSPS) is 18.9. The van der Waals surface area contributed by atoms with Gasteiger partial charge in [-0.2, -0.15) is 0 Å². The van der Waals surface area contributed by atoms with Crippen molar-refractivity contribution in [2.75, 3.05) is 6.54 Å². The molecule has 0 unspecified atom stereocenters. The van der Waals surface area contributed by atoms with Crippen LogP contribution in [0.15, 0.2) is 12.1 Å². The zero-order valence-electron chi connectivity index (χ0n) is 9.59. The largest absolute Gasteiger partial charge is 0.508 e. The van der Waals surface area contributed by atoms with Gasteiger partial charge in [0.05, 0.1) is 5.02 Å². The maximum Gasteiger partial charge on any atom is 0.120 e. The fraction of sp³-hybridized carbons (Fsp3) is 0.538. The fourth-order valence-electron chi connectivity index (χ4n) is 2.78. The van der Waals surface area contributed by atoms with Crippen molar-refractivity contribution in [2.24, 2.45) is 5.73 Å². The molecular formula is C13H18ClNO. The van der Waals surface area contributed by atoms with E-state index in [4.69, 9.17) is 17.3 Å². The Hall–Kier alpha value is -0.730. The molecule has 1 saturated carbocycles. The number of nitrogens with two attached hydrogens (primary N) is 1. The Balaban J connectivity index is 2.57. The van der Waals surface area contributed by atoms with Crippen molar-refractivity contribution >= 4 is 11.6 Å². The summed E-state index contributed by atoms with van der Waals surface area (Å²) in [7, 11) is 0. The Morgan fingerprint density at radius 1 is 1.38 bits per heavy atom. The molecule has 1 aliphatic carbocycles. The van der Waals surface area contributed by atoms with Gasteiger partial charge in [-0.05, 0) is 31.4 Å². The van der Waals surface area contributed by atoms with E-state index in [0.29, 0.717) is 17.3 Å². The summed E-state index contributed by atoms with van der Waals surface area (Å²) >= 11 is 6.33. The summed E-state index contributed by atoms with van der Waals surface area (Å²) in [5, 5.41) is 10.7. The van der Waals surface area contributed by atoms with Gasteiger partial charge in [0.2, 0.25) is 0 Å². The van der Waals surface area contributed by atoms with Crippen molar-refractivity contribution in [2.45, 2.75) is 38.0 Å². The molecule has 0 heterocycles. The standard InChI is InChI=1S/C13H18ClNO/c1-9-4-5-10(16)11(12(9)14)13(8-15)6-2-3-7-13/h4-5,16H,2-3,6-8,15H2,1H3. The van der Waals surface area contributed by atoms with Gasteiger partial charge in [-0.3, -0.25) is 0 Å². The number of hydrogen-bond donors (Lipinski definition) is 2. The van der Waals surface area contributed by atoms with Gasteiger partial charge in [0.1, 0.15) is 5.75 Å². The monoisotopic (exact) mass is 239 g/mol. The highest BCUT2D eigenvalue weighted by Gasteiger charge is 2.38. The molecular weight excluding hydrogens is 222 g/mol. The molecule has 3 heteroatoms. The quantitative estimate of drug-likeness (QED) is 0.833. The lowest BCUT2D eigenvalue weighted by molar-refractivity contribution is 0.405. The number of aromatic hydroxyl groups is 1. The van der Waals surface area contributed by atoms with Gasteiger partial charge in [-0.25, -0.2) is 0 Å². The first-order chi connectivity index (χ1) is 7.60. The van der Waals surface area contributed by atoms with E-state index in [9.17, 15) is 5.11 Å². The van der Waals surface area contributed by atoms with Gasteiger partial charge in [0.15, 0.2) is 0 Å². The first-order valence-corrected chi connectivity index (χ1v) is 6.17. The zero-order chi connectivity index (χ0) is 11.8. The lowest BCUT2D eigenvalue weighted by atomic mass is 9.78. The minimum absolute atomic E-state index is 0.104. The number of benzene rings is 1. The van der Waals surface area contributed by atoms with E-state index < -0.39 is 0 Å². The van der Waals surface area contributed by atoms with E-state index >= 15 is 0 Å². The van der Waals surface area contributed by atoms with Crippen molar-refractivity contribution in [1.29, 1.82) is 0 Å². The molecule has 0 saturated heterocycles. The van der Waals surface area contributed by atoms with Gasteiger partial charge in [0.25, 0.3) is 0 Å². The van der Waals surface area contributed by atoms with Gasteiger partial charge < -0.3 is 10.8 Å².